The van der Waals surface area contributed by atoms with Crippen LogP contribution in [0.25, 0.3) is 0 Å². The molecular formula is C11H21N3S. The lowest BCUT2D eigenvalue weighted by Gasteiger charge is -2.33. The van der Waals surface area contributed by atoms with Gasteiger partial charge in [-0.3, -0.25) is 4.99 Å². The number of thioether (sulfide) groups is 1. The summed E-state index contributed by atoms with van der Waals surface area (Å²) in [5, 5.41) is 4.66. The van der Waals surface area contributed by atoms with Gasteiger partial charge in [-0.05, 0) is 32.9 Å². The Morgan fingerprint density at radius 1 is 1.47 bits per heavy atom. The second-order valence-electron chi connectivity index (χ2n) is 4.40. The number of likely N-dealkylation sites (tertiary alicyclic amines) is 1. The highest BCUT2D eigenvalue weighted by molar-refractivity contribution is 8.13. The highest BCUT2D eigenvalue weighted by Gasteiger charge is 2.19. The van der Waals surface area contributed by atoms with Crippen molar-refractivity contribution in [3.8, 4) is 0 Å². The number of aliphatic imine (C=N–C) groups is 1. The van der Waals surface area contributed by atoms with Gasteiger partial charge in [0, 0.05) is 24.9 Å². The molecule has 0 aliphatic carbocycles. The van der Waals surface area contributed by atoms with Gasteiger partial charge in [0.2, 0.25) is 0 Å². The van der Waals surface area contributed by atoms with Gasteiger partial charge >= 0.3 is 0 Å². The molecule has 2 rings (SSSR count). The summed E-state index contributed by atoms with van der Waals surface area (Å²) in [5.41, 5.74) is 0. The first kappa shape index (κ1) is 11.3. The highest BCUT2D eigenvalue weighted by atomic mass is 32.2. The Kier molecular flexibility index (Phi) is 4.32. The third kappa shape index (κ3) is 3.38. The van der Waals surface area contributed by atoms with Crippen LogP contribution in [0.15, 0.2) is 4.99 Å². The van der Waals surface area contributed by atoms with Crippen LogP contribution in [0, 0.1) is 0 Å². The van der Waals surface area contributed by atoms with Crippen molar-refractivity contribution in [2.45, 2.75) is 31.7 Å². The maximum atomic E-state index is 4.49. The SMILES string of the molecule is CN1CCCCC1CNC1=NCCCS1. The van der Waals surface area contributed by atoms with E-state index in [2.05, 4.69) is 22.3 Å². The largest absolute Gasteiger partial charge is 0.363 e. The van der Waals surface area contributed by atoms with Crippen LogP contribution in [0.1, 0.15) is 25.7 Å². The molecule has 3 nitrogen and oxygen atoms in total. The van der Waals surface area contributed by atoms with Crippen LogP contribution in [0.5, 0.6) is 0 Å². The van der Waals surface area contributed by atoms with E-state index in [-0.39, 0.29) is 0 Å². The first-order valence-corrected chi connectivity index (χ1v) is 6.96. The van der Waals surface area contributed by atoms with Crippen LogP contribution in [-0.2, 0) is 0 Å². The van der Waals surface area contributed by atoms with Crippen molar-refractivity contribution in [2.24, 2.45) is 4.99 Å². The molecule has 0 radical (unpaired) electrons. The number of piperidine rings is 1. The molecule has 1 unspecified atom stereocenters. The van der Waals surface area contributed by atoms with Crippen LogP contribution in [0.2, 0.25) is 0 Å². The minimum Gasteiger partial charge on any atom is -0.363 e. The minimum absolute atomic E-state index is 0.712. The van der Waals surface area contributed by atoms with Crippen molar-refractivity contribution in [1.82, 2.24) is 10.2 Å². The summed E-state index contributed by atoms with van der Waals surface area (Å²) in [6.07, 6.45) is 5.32. The zero-order chi connectivity index (χ0) is 10.5. The van der Waals surface area contributed by atoms with Gasteiger partial charge in [0.25, 0.3) is 0 Å². The van der Waals surface area contributed by atoms with Gasteiger partial charge in [0.1, 0.15) is 0 Å². The zero-order valence-corrected chi connectivity index (χ0v) is 10.4. The Morgan fingerprint density at radius 2 is 2.40 bits per heavy atom. The molecule has 0 spiro atoms. The Balaban J connectivity index is 1.74. The summed E-state index contributed by atoms with van der Waals surface area (Å²) >= 11 is 1.87. The summed E-state index contributed by atoms with van der Waals surface area (Å²) in [7, 11) is 2.24. The molecular weight excluding hydrogens is 206 g/mol. The number of nitrogens with one attached hydrogen (secondary N) is 1. The van der Waals surface area contributed by atoms with E-state index in [0.29, 0.717) is 6.04 Å². The van der Waals surface area contributed by atoms with Crippen molar-refractivity contribution < 1.29 is 0 Å². The number of amidine groups is 1. The fourth-order valence-electron chi connectivity index (χ4n) is 2.17. The summed E-state index contributed by atoms with van der Waals surface area (Å²) in [5.74, 6) is 1.23. The van der Waals surface area contributed by atoms with E-state index in [1.165, 1.54) is 43.1 Å². The van der Waals surface area contributed by atoms with Crippen LogP contribution in [0.4, 0.5) is 0 Å². The van der Waals surface area contributed by atoms with E-state index >= 15 is 0 Å². The molecule has 0 aromatic rings. The molecule has 0 aromatic heterocycles. The molecule has 0 aromatic carbocycles. The lowest BCUT2D eigenvalue weighted by atomic mass is 10.0. The van der Waals surface area contributed by atoms with Crippen LogP contribution in [-0.4, -0.2) is 48.5 Å². The van der Waals surface area contributed by atoms with E-state index in [4.69, 9.17) is 0 Å². The van der Waals surface area contributed by atoms with Gasteiger partial charge < -0.3 is 10.2 Å². The molecule has 15 heavy (non-hydrogen) atoms. The number of likely N-dealkylation sites (N-methyl/N-ethyl adjacent to an activating group) is 1. The predicted octanol–water partition coefficient (Wildman–Crippen LogP) is 1.55. The van der Waals surface area contributed by atoms with Crippen LogP contribution >= 0.6 is 11.8 Å². The molecule has 86 valence electrons. The van der Waals surface area contributed by atoms with Crippen molar-refractivity contribution in [3.63, 3.8) is 0 Å². The third-order valence-electron chi connectivity index (χ3n) is 3.21. The van der Waals surface area contributed by atoms with Gasteiger partial charge in [-0.15, -0.1) is 0 Å². The average molecular weight is 227 g/mol. The molecule has 1 fully saturated rings. The quantitative estimate of drug-likeness (QED) is 0.776. The predicted molar refractivity (Wildman–Crippen MR) is 67.6 cm³/mol. The summed E-state index contributed by atoms with van der Waals surface area (Å²) in [6, 6.07) is 0.712. The van der Waals surface area contributed by atoms with Crippen LogP contribution in [0.3, 0.4) is 0 Å². The number of hydrogen-bond donors (Lipinski definition) is 1. The van der Waals surface area contributed by atoms with Gasteiger partial charge in [0.05, 0.1) is 0 Å². The molecule has 2 aliphatic heterocycles. The highest BCUT2D eigenvalue weighted by Crippen LogP contribution is 2.15. The van der Waals surface area contributed by atoms with Crippen molar-refractivity contribution in [2.75, 3.05) is 32.4 Å². The lowest BCUT2D eigenvalue weighted by Crippen LogP contribution is -2.44. The topological polar surface area (TPSA) is 27.6 Å². The monoisotopic (exact) mass is 227 g/mol. The molecule has 0 saturated carbocycles. The first-order valence-electron chi connectivity index (χ1n) is 5.97. The van der Waals surface area contributed by atoms with E-state index in [9.17, 15) is 0 Å². The average Bonchev–Trinajstić information content (AvgIpc) is 2.29. The molecule has 0 bridgehead atoms. The fraction of sp³-hybridized carbons (Fsp3) is 0.909. The summed E-state index contributed by atoms with van der Waals surface area (Å²) in [4.78, 5) is 6.97. The standard InChI is InChI=1S/C11H21N3S/c1-14-7-3-2-5-10(14)9-13-11-12-6-4-8-15-11/h10H,2-9H2,1H3,(H,12,13). The second kappa shape index (κ2) is 5.75. The van der Waals surface area contributed by atoms with E-state index < -0.39 is 0 Å². The lowest BCUT2D eigenvalue weighted by molar-refractivity contribution is 0.187. The number of hydrogen-bond acceptors (Lipinski definition) is 4. The molecule has 1 saturated heterocycles. The Morgan fingerprint density at radius 3 is 3.13 bits per heavy atom. The van der Waals surface area contributed by atoms with Gasteiger partial charge in [-0.1, -0.05) is 18.2 Å². The Bertz CT molecular complexity index is 230. The molecule has 0 amide bonds. The summed E-state index contributed by atoms with van der Waals surface area (Å²) < 4.78 is 0. The molecule has 2 aliphatic rings. The maximum absolute atomic E-state index is 4.49. The molecule has 4 heteroatoms. The van der Waals surface area contributed by atoms with Gasteiger partial charge in [-0.2, -0.15) is 0 Å². The van der Waals surface area contributed by atoms with Crippen LogP contribution < -0.4 is 5.32 Å². The van der Waals surface area contributed by atoms with E-state index in [1.54, 1.807) is 0 Å². The fourth-order valence-corrected chi connectivity index (χ4v) is 3.01. The van der Waals surface area contributed by atoms with Crippen molar-refractivity contribution >= 4 is 16.9 Å². The number of rotatable bonds is 2. The Hall–Kier alpha value is -0.220. The van der Waals surface area contributed by atoms with Crippen molar-refractivity contribution in [1.29, 1.82) is 0 Å². The van der Waals surface area contributed by atoms with E-state index in [1.807, 2.05) is 11.8 Å². The maximum Gasteiger partial charge on any atom is 0.156 e. The molecule has 1 atom stereocenters. The summed E-state index contributed by atoms with van der Waals surface area (Å²) in [6.45, 7) is 3.34. The van der Waals surface area contributed by atoms with E-state index in [0.717, 1.165) is 13.1 Å². The third-order valence-corrected chi connectivity index (χ3v) is 4.25. The first-order chi connectivity index (χ1) is 7.36. The Labute approximate surface area is 96.7 Å². The van der Waals surface area contributed by atoms with Crippen molar-refractivity contribution in [3.05, 3.63) is 0 Å². The minimum atomic E-state index is 0.712. The normalized spacial score (nSPS) is 28.6. The van der Waals surface area contributed by atoms with Gasteiger partial charge in [-0.25, -0.2) is 0 Å². The van der Waals surface area contributed by atoms with Gasteiger partial charge in [0.15, 0.2) is 5.17 Å². The molecule has 2 heterocycles. The second-order valence-corrected chi connectivity index (χ2v) is 5.48. The number of nitrogens with zero attached hydrogens (tertiary/aromatic N) is 2. The molecule has 1 N–H and O–H groups in total. The smallest absolute Gasteiger partial charge is 0.156 e. The zero-order valence-electron chi connectivity index (χ0n) is 9.54.